The maximum atomic E-state index is 13.4. The number of benzene rings is 1. The highest BCUT2D eigenvalue weighted by Crippen LogP contribution is 2.17. The number of aliphatic hydroxyl groups excluding tert-OH is 1. The first-order valence-electron chi connectivity index (χ1n) is 5.74. The molecule has 0 aromatic heterocycles. The average Bonchev–Trinajstić information content (AvgIpc) is 2.35. The van der Waals surface area contributed by atoms with Crippen molar-refractivity contribution < 1.29 is 19.0 Å². The van der Waals surface area contributed by atoms with E-state index in [4.69, 9.17) is 9.84 Å². The van der Waals surface area contributed by atoms with Crippen molar-refractivity contribution in [3.8, 4) is 5.75 Å². The van der Waals surface area contributed by atoms with Crippen molar-refractivity contribution in [2.45, 2.75) is 19.9 Å². The van der Waals surface area contributed by atoms with Crippen molar-refractivity contribution in [1.29, 1.82) is 0 Å². The summed E-state index contributed by atoms with van der Waals surface area (Å²) in [5, 5.41) is 11.8. The van der Waals surface area contributed by atoms with Crippen LogP contribution in [0, 0.1) is 11.7 Å². The number of aliphatic hydroxyl groups is 1. The Labute approximate surface area is 106 Å². The maximum absolute atomic E-state index is 13.4. The van der Waals surface area contributed by atoms with Gasteiger partial charge in [0, 0.05) is 5.56 Å². The fourth-order valence-corrected chi connectivity index (χ4v) is 1.48. The molecule has 0 aliphatic carbocycles. The minimum atomic E-state index is -0.588. The van der Waals surface area contributed by atoms with Crippen molar-refractivity contribution in [1.82, 2.24) is 5.32 Å². The molecule has 0 unspecified atom stereocenters. The van der Waals surface area contributed by atoms with Crippen LogP contribution >= 0.6 is 0 Å². The van der Waals surface area contributed by atoms with E-state index in [9.17, 15) is 9.18 Å². The molecule has 0 fully saturated rings. The van der Waals surface area contributed by atoms with Gasteiger partial charge in [0.1, 0.15) is 0 Å². The Morgan fingerprint density at radius 3 is 2.61 bits per heavy atom. The van der Waals surface area contributed by atoms with Crippen molar-refractivity contribution in [3.63, 3.8) is 0 Å². The van der Waals surface area contributed by atoms with Gasteiger partial charge in [0.2, 0.25) is 0 Å². The Balaban J connectivity index is 2.81. The number of carbonyl (C=O) groups is 1. The van der Waals surface area contributed by atoms with Gasteiger partial charge in [-0.05, 0) is 24.1 Å². The first kappa shape index (κ1) is 14.4. The molecule has 5 heteroatoms. The molecule has 2 N–H and O–H groups in total. The summed E-state index contributed by atoms with van der Waals surface area (Å²) in [7, 11) is 1.36. The van der Waals surface area contributed by atoms with Crippen LogP contribution in [0.5, 0.6) is 5.75 Å². The van der Waals surface area contributed by atoms with Gasteiger partial charge in [-0.1, -0.05) is 13.8 Å². The van der Waals surface area contributed by atoms with E-state index < -0.39 is 11.7 Å². The summed E-state index contributed by atoms with van der Waals surface area (Å²) in [5.74, 6) is -0.810. The van der Waals surface area contributed by atoms with Crippen molar-refractivity contribution in [2.24, 2.45) is 5.92 Å². The zero-order valence-electron chi connectivity index (χ0n) is 10.7. The lowest BCUT2D eigenvalue weighted by Crippen LogP contribution is -2.41. The molecule has 0 bridgehead atoms. The molecule has 0 aliphatic heterocycles. The molecule has 1 rings (SSSR count). The summed E-state index contributed by atoms with van der Waals surface area (Å²) in [4.78, 5) is 11.8. The molecule has 18 heavy (non-hydrogen) atoms. The number of carbonyl (C=O) groups excluding carboxylic acids is 1. The van der Waals surface area contributed by atoms with Crippen LogP contribution < -0.4 is 10.1 Å². The van der Waals surface area contributed by atoms with E-state index in [1.54, 1.807) is 0 Å². The Kier molecular flexibility index (Phi) is 5.09. The van der Waals surface area contributed by atoms with Crippen LogP contribution in [-0.2, 0) is 0 Å². The maximum Gasteiger partial charge on any atom is 0.251 e. The SMILES string of the molecule is COc1ccc(C(=O)N[C@H](CO)C(C)C)cc1F. The Morgan fingerprint density at radius 2 is 2.17 bits per heavy atom. The smallest absolute Gasteiger partial charge is 0.251 e. The molecule has 0 aliphatic rings. The number of hydrogen-bond donors (Lipinski definition) is 2. The van der Waals surface area contributed by atoms with Gasteiger partial charge in [-0.25, -0.2) is 4.39 Å². The third-order valence-corrected chi connectivity index (χ3v) is 2.73. The molecular weight excluding hydrogens is 237 g/mol. The van der Waals surface area contributed by atoms with Crippen LogP contribution in [0.3, 0.4) is 0 Å². The van der Waals surface area contributed by atoms with Crippen LogP contribution in [0.15, 0.2) is 18.2 Å². The molecule has 100 valence electrons. The number of amides is 1. The summed E-state index contributed by atoms with van der Waals surface area (Å²) in [6.45, 7) is 3.62. The molecule has 0 saturated carbocycles. The van der Waals surface area contributed by atoms with Gasteiger partial charge in [-0.15, -0.1) is 0 Å². The van der Waals surface area contributed by atoms with Gasteiger partial charge >= 0.3 is 0 Å². The Bertz CT molecular complexity index is 421. The lowest BCUT2D eigenvalue weighted by atomic mass is 10.0. The third-order valence-electron chi connectivity index (χ3n) is 2.73. The van der Waals surface area contributed by atoms with Crippen molar-refractivity contribution in [3.05, 3.63) is 29.6 Å². The topological polar surface area (TPSA) is 58.6 Å². The van der Waals surface area contributed by atoms with Crippen LogP contribution in [0.25, 0.3) is 0 Å². The summed E-state index contributed by atoms with van der Waals surface area (Å²) >= 11 is 0. The average molecular weight is 255 g/mol. The lowest BCUT2D eigenvalue weighted by molar-refractivity contribution is 0.0896. The third kappa shape index (κ3) is 3.43. The first-order valence-corrected chi connectivity index (χ1v) is 5.74. The Hall–Kier alpha value is -1.62. The predicted molar refractivity (Wildman–Crippen MR) is 66.1 cm³/mol. The zero-order valence-corrected chi connectivity index (χ0v) is 10.7. The number of methoxy groups -OCH3 is 1. The minimum absolute atomic E-state index is 0.0918. The normalized spacial score (nSPS) is 12.3. The van der Waals surface area contributed by atoms with E-state index >= 15 is 0 Å². The van der Waals surface area contributed by atoms with E-state index in [-0.39, 0.29) is 29.9 Å². The van der Waals surface area contributed by atoms with E-state index in [2.05, 4.69) is 5.32 Å². The monoisotopic (exact) mass is 255 g/mol. The van der Waals surface area contributed by atoms with Crippen LogP contribution in [0.4, 0.5) is 4.39 Å². The van der Waals surface area contributed by atoms with Crippen molar-refractivity contribution in [2.75, 3.05) is 13.7 Å². The van der Waals surface area contributed by atoms with Gasteiger partial charge in [-0.2, -0.15) is 0 Å². The van der Waals surface area contributed by atoms with Gasteiger partial charge in [-0.3, -0.25) is 4.79 Å². The van der Waals surface area contributed by atoms with Gasteiger partial charge in [0.25, 0.3) is 5.91 Å². The summed E-state index contributed by atoms with van der Waals surface area (Å²) < 4.78 is 18.2. The summed E-state index contributed by atoms with van der Waals surface area (Å²) in [6.07, 6.45) is 0. The van der Waals surface area contributed by atoms with E-state index in [0.717, 1.165) is 6.07 Å². The first-order chi connectivity index (χ1) is 8.49. The molecule has 4 nitrogen and oxygen atoms in total. The van der Waals surface area contributed by atoms with E-state index in [1.165, 1.54) is 19.2 Å². The summed E-state index contributed by atoms with van der Waals surface area (Å²) in [5.41, 5.74) is 0.201. The quantitative estimate of drug-likeness (QED) is 0.840. The number of ether oxygens (including phenoxy) is 1. The largest absolute Gasteiger partial charge is 0.494 e. The molecule has 0 saturated heterocycles. The van der Waals surface area contributed by atoms with E-state index in [0.29, 0.717) is 0 Å². The lowest BCUT2D eigenvalue weighted by Gasteiger charge is -2.19. The highest BCUT2D eigenvalue weighted by Gasteiger charge is 2.17. The Morgan fingerprint density at radius 1 is 1.50 bits per heavy atom. The fourth-order valence-electron chi connectivity index (χ4n) is 1.48. The van der Waals surface area contributed by atoms with Crippen LogP contribution in [-0.4, -0.2) is 30.8 Å². The van der Waals surface area contributed by atoms with Gasteiger partial charge in [0.05, 0.1) is 19.8 Å². The second kappa shape index (κ2) is 6.35. The highest BCUT2D eigenvalue weighted by atomic mass is 19.1. The fraction of sp³-hybridized carbons (Fsp3) is 0.462. The number of halogens is 1. The molecule has 1 aromatic rings. The molecule has 1 atom stereocenters. The second-order valence-electron chi connectivity index (χ2n) is 4.36. The zero-order chi connectivity index (χ0) is 13.7. The van der Waals surface area contributed by atoms with Crippen molar-refractivity contribution >= 4 is 5.91 Å². The number of rotatable bonds is 5. The predicted octanol–water partition coefficient (Wildman–Crippen LogP) is 1.58. The highest BCUT2D eigenvalue weighted by molar-refractivity contribution is 5.94. The van der Waals surface area contributed by atoms with Gasteiger partial charge in [0.15, 0.2) is 11.6 Å². The molecule has 1 amide bonds. The standard InChI is InChI=1S/C13H18FNO3/c1-8(2)11(7-16)15-13(17)9-4-5-12(18-3)10(14)6-9/h4-6,8,11,16H,7H2,1-3H3,(H,15,17)/t11-/m1/s1. The number of nitrogens with one attached hydrogen (secondary N) is 1. The second-order valence-corrected chi connectivity index (χ2v) is 4.36. The van der Waals surface area contributed by atoms with Crippen LogP contribution in [0.2, 0.25) is 0 Å². The molecule has 0 radical (unpaired) electrons. The molecular formula is C13H18FNO3. The van der Waals surface area contributed by atoms with Gasteiger partial charge < -0.3 is 15.2 Å². The molecule has 0 spiro atoms. The van der Waals surface area contributed by atoms with E-state index in [1.807, 2.05) is 13.8 Å². The number of hydrogen-bond acceptors (Lipinski definition) is 3. The summed E-state index contributed by atoms with van der Waals surface area (Å²) in [6, 6.07) is 3.64. The molecule has 0 heterocycles. The molecule has 1 aromatic carbocycles. The minimum Gasteiger partial charge on any atom is -0.494 e. The van der Waals surface area contributed by atoms with Crippen LogP contribution in [0.1, 0.15) is 24.2 Å².